The van der Waals surface area contributed by atoms with Crippen LogP contribution in [-0.2, 0) is 9.84 Å². The van der Waals surface area contributed by atoms with Gasteiger partial charge in [0.15, 0.2) is 9.84 Å². The lowest BCUT2D eigenvalue weighted by atomic mass is 10.2. The van der Waals surface area contributed by atoms with Gasteiger partial charge in [0, 0.05) is 6.26 Å². The highest BCUT2D eigenvalue weighted by Gasteiger charge is 2.17. The molecule has 0 bridgehead atoms. The van der Waals surface area contributed by atoms with Gasteiger partial charge in [-0.15, -0.1) is 0 Å². The van der Waals surface area contributed by atoms with Gasteiger partial charge in [-0.3, -0.25) is 0 Å². The van der Waals surface area contributed by atoms with Crippen molar-refractivity contribution in [2.45, 2.75) is 18.2 Å². The van der Waals surface area contributed by atoms with Crippen LogP contribution in [-0.4, -0.2) is 27.2 Å². The van der Waals surface area contributed by atoms with Crippen molar-refractivity contribution in [2.75, 3.05) is 12.9 Å². The van der Waals surface area contributed by atoms with Gasteiger partial charge in [-0.25, -0.2) is 13.2 Å². The molecule has 0 aliphatic rings. The summed E-state index contributed by atoms with van der Waals surface area (Å²) in [4.78, 5) is 12.1. The molecule has 0 atom stereocenters. The Hall–Kier alpha value is -2.05. The SMILES string of the molecule is CCCOc1ccc(OC(=O)c2ccc(Cl)c(S(C)(=O)=O)c2)cc1. The number of benzene rings is 2. The number of rotatable bonds is 6. The van der Waals surface area contributed by atoms with E-state index in [4.69, 9.17) is 21.1 Å². The van der Waals surface area contributed by atoms with E-state index in [1.807, 2.05) is 6.92 Å². The predicted octanol–water partition coefficient (Wildman–Crippen LogP) is 3.75. The van der Waals surface area contributed by atoms with E-state index in [2.05, 4.69) is 0 Å². The molecule has 0 N–H and O–H groups in total. The number of carbonyl (C=O) groups is 1. The van der Waals surface area contributed by atoms with Crippen LogP contribution in [0.1, 0.15) is 23.7 Å². The van der Waals surface area contributed by atoms with Gasteiger partial charge in [0.25, 0.3) is 0 Å². The first kappa shape index (κ1) is 18.3. The van der Waals surface area contributed by atoms with Crippen molar-refractivity contribution in [1.29, 1.82) is 0 Å². The number of ether oxygens (including phenoxy) is 2. The fourth-order valence-electron chi connectivity index (χ4n) is 1.90. The largest absolute Gasteiger partial charge is 0.494 e. The standard InChI is InChI=1S/C17H17ClO5S/c1-3-10-22-13-5-7-14(8-6-13)23-17(19)12-4-9-15(18)16(11-12)24(2,20)21/h4-9,11H,3,10H2,1-2H3. The normalized spacial score (nSPS) is 11.1. The number of halogens is 1. The Morgan fingerprint density at radius 1 is 1.08 bits per heavy atom. The lowest BCUT2D eigenvalue weighted by Gasteiger charge is -2.08. The maximum Gasteiger partial charge on any atom is 0.343 e. The third-order valence-electron chi connectivity index (χ3n) is 3.07. The van der Waals surface area contributed by atoms with Crippen molar-refractivity contribution in [2.24, 2.45) is 0 Å². The number of esters is 1. The van der Waals surface area contributed by atoms with Gasteiger partial charge < -0.3 is 9.47 Å². The molecule has 2 rings (SSSR count). The van der Waals surface area contributed by atoms with Crippen molar-refractivity contribution >= 4 is 27.4 Å². The van der Waals surface area contributed by atoms with Crippen LogP contribution in [0.3, 0.4) is 0 Å². The first-order valence-electron chi connectivity index (χ1n) is 7.26. The highest BCUT2D eigenvalue weighted by atomic mass is 35.5. The summed E-state index contributed by atoms with van der Waals surface area (Å²) in [5, 5.41) is 0.0616. The van der Waals surface area contributed by atoms with Gasteiger partial charge in [0.05, 0.1) is 22.1 Å². The van der Waals surface area contributed by atoms with E-state index in [-0.39, 0.29) is 15.5 Å². The van der Waals surface area contributed by atoms with Gasteiger partial charge >= 0.3 is 5.97 Å². The summed E-state index contributed by atoms with van der Waals surface area (Å²) in [5.74, 6) is 0.348. The van der Waals surface area contributed by atoms with Gasteiger partial charge in [0.2, 0.25) is 0 Å². The molecule has 0 amide bonds. The summed E-state index contributed by atoms with van der Waals surface area (Å²) in [5.41, 5.74) is 0.103. The molecule has 0 heterocycles. The molecule has 24 heavy (non-hydrogen) atoms. The molecule has 2 aromatic rings. The van der Waals surface area contributed by atoms with Crippen molar-refractivity contribution in [3.8, 4) is 11.5 Å². The number of carbonyl (C=O) groups excluding carboxylic acids is 1. The highest BCUT2D eigenvalue weighted by molar-refractivity contribution is 7.90. The van der Waals surface area contributed by atoms with Crippen LogP contribution in [0.25, 0.3) is 0 Å². The zero-order valence-corrected chi connectivity index (χ0v) is 14.9. The third-order valence-corrected chi connectivity index (χ3v) is 4.65. The molecule has 5 nitrogen and oxygen atoms in total. The summed E-state index contributed by atoms with van der Waals surface area (Å²) in [7, 11) is -3.53. The molecule has 2 aromatic carbocycles. The summed E-state index contributed by atoms with van der Waals surface area (Å²) in [6.45, 7) is 2.62. The highest BCUT2D eigenvalue weighted by Crippen LogP contribution is 2.24. The topological polar surface area (TPSA) is 69.7 Å². The second-order valence-electron chi connectivity index (χ2n) is 5.13. The van der Waals surface area contributed by atoms with E-state index in [1.54, 1.807) is 24.3 Å². The fourth-order valence-corrected chi connectivity index (χ4v) is 3.21. The molecule has 0 saturated carbocycles. The minimum absolute atomic E-state index is 0.0616. The van der Waals surface area contributed by atoms with Gasteiger partial charge in [0.1, 0.15) is 11.5 Å². The maximum absolute atomic E-state index is 12.2. The summed E-state index contributed by atoms with van der Waals surface area (Å²) in [6.07, 6.45) is 1.92. The Balaban J connectivity index is 2.15. The van der Waals surface area contributed by atoms with Crippen molar-refractivity contribution < 1.29 is 22.7 Å². The molecule has 0 aliphatic carbocycles. The number of sulfone groups is 1. The number of hydrogen-bond acceptors (Lipinski definition) is 5. The quantitative estimate of drug-likeness (QED) is 0.573. The van der Waals surface area contributed by atoms with E-state index in [1.165, 1.54) is 18.2 Å². The zero-order valence-electron chi connectivity index (χ0n) is 13.3. The molecule has 0 aliphatic heterocycles. The van der Waals surface area contributed by atoms with E-state index in [0.717, 1.165) is 12.7 Å². The summed E-state index contributed by atoms with van der Waals surface area (Å²) in [6, 6.07) is 10.6. The predicted molar refractivity (Wildman–Crippen MR) is 91.7 cm³/mol. The molecule has 128 valence electrons. The first-order valence-corrected chi connectivity index (χ1v) is 9.53. The minimum Gasteiger partial charge on any atom is -0.494 e. The molecule has 0 fully saturated rings. The molecule has 7 heteroatoms. The van der Waals surface area contributed by atoms with Crippen LogP contribution >= 0.6 is 11.6 Å². The van der Waals surface area contributed by atoms with Crippen LogP contribution in [0.2, 0.25) is 5.02 Å². The second kappa shape index (κ2) is 7.68. The summed E-state index contributed by atoms with van der Waals surface area (Å²) < 4.78 is 34.0. The monoisotopic (exact) mass is 368 g/mol. The summed E-state index contributed by atoms with van der Waals surface area (Å²) >= 11 is 5.86. The molecule has 0 saturated heterocycles. The molecular weight excluding hydrogens is 352 g/mol. The molecule has 0 spiro atoms. The Labute approximate surface area is 146 Å². The Bertz CT molecular complexity index is 829. The van der Waals surface area contributed by atoms with E-state index in [9.17, 15) is 13.2 Å². The average molecular weight is 369 g/mol. The number of hydrogen-bond donors (Lipinski definition) is 0. The smallest absolute Gasteiger partial charge is 0.343 e. The Morgan fingerprint density at radius 3 is 2.29 bits per heavy atom. The van der Waals surface area contributed by atoms with E-state index in [0.29, 0.717) is 18.1 Å². The maximum atomic E-state index is 12.2. The average Bonchev–Trinajstić information content (AvgIpc) is 2.53. The van der Waals surface area contributed by atoms with Crippen LogP contribution in [0.4, 0.5) is 0 Å². The van der Waals surface area contributed by atoms with Gasteiger partial charge in [-0.2, -0.15) is 0 Å². The molecule has 0 aromatic heterocycles. The van der Waals surface area contributed by atoms with Crippen LogP contribution in [0, 0.1) is 0 Å². The Morgan fingerprint density at radius 2 is 1.71 bits per heavy atom. The van der Waals surface area contributed by atoms with Gasteiger partial charge in [-0.1, -0.05) is 18.5 Å². The van der Waals surface area contributed by atoms with Crippen molar-refractivity contribution in [3.63, 3.8) is 0 Å². The minimum atomic E-state index is -3.53. The first-order chi connectivity index (χ1) is 11.3. The van der Waals surface area contributed by atoms with E-state index < -0.39 is 15.8 Å². The second-order valence-corrected chi connectivity index (χ2v) is 7.52. The lowest BCUT2D eigenvalue weighted by molar-refractivity contribution is 0.0734. The molecule has 0 radical (unpaired) electrons. The van der Waals surface area contributed by atoms with E-state index >= 15 is 0 Å². The Kier molecular flexibility index (Phi) is 5.85. The van der Waals surface area contributed by atoms with Gasteiger partial charge in [-0.05, 0) is 48.9 Å². The molecule has 0 unspecified atom stereocenters. The van der Waals surface area contributed by atoms with Crippen LogP contribution in [0.5, 0.6) is 11.5 Å². The third kappa shape index (κ3) is 4.72. The fraction of sp³-hybridized carbons (Fsp3) is 0.235. The zero-order chi connectivity index (χ0) is 17.7. The van der Waals surface area contributed by atoms with Crippen LogP contribution < -0.4 is 9.47 Å². The van der Waals surface area contributed by atoms with Crippen molar-refractivity contribution in [1.82, 2.24) is 0 Å². The lowest BCUT2D eigenvalue weighted by Crippen LogP contribution is -2.10. The van der Waals surface area contributed by atoms with Crippen LogP contribution in [0.15, 0.2) is 47.4 Å². The molecular formula is C17H17ClO5S. The van der Waals surface area contributed by atoms with Crippen molar-refractivity contribution in [3.05, 3.63) is 53.1 Å².